The molecule has 1 atom stereocenters. The number of aryl methyl sites for hydroxylation is 1. The van der Waals surface area contributed by atoms with E-state index in [-0.39, 0.29) is 12.0 Å². The van der Waals surface area contributed by atoms with Gasteiger partial charge in [0.05, 0.1) is 17.1 Å². The van der Waals surface area contributed by atoms with Crippen LogP contribution in [0.1, 0.15) is 19.2 Å². The van der Waals surface area contributed by atoms with Gasteiger partial charge in [-0.25, -0.2) is 4.98 Å². The van der Waals surface area contributed by atoms with E-state index in [4.69, 9.17) is 0 Å². The smallest absolute Gasteiger partial charge is 0.242 e. The predicted octanol–water partition coefficient (Wildman–Crippen LogP) is 1.26. The summed E-state index contributed by atoms with van der Waals surface area (Å²) in [6.45, 7) is 8.06. The highest BCUT2D eigenvalue weighted by atomic mass is 16.3. The van der Waals surface area contributed by atoms with Crippen LogP contribution in [0.2, 0.25) is 0 Å². The number of nitrogens with zero attached hydrogens (tertiary/aromatic N) is 4. The van der Waals surface area contributed by atoms with Crippen LogP contribution in [0.15, 0.2) is 24.3 Å². The summed E-state index contributed by atoms with van der Waals surface area (Å²) < 4.78 is 1.99. The largest absolute Gasteiger partial charge is 0.392 e. The number of para-hydroxylation sites is 2. The standard InChI is InChI=1S/C18H26N4O2/c1-3-15(23)12-20-8-10-21(11-9-20)18(24)13-22-14(2)19-16-6-4-5-7-17(16)22/h4-7,15,23H,3,8-13H2,1-2H3. The Kier molecular flexibility index (Phi) is 5.16. The van der Waals surface area contributed by atoms with Gasteiger partial charge in [0, 0.05) is 32.7 Å². The topological polar surface area (TPSA) is 61.6 Å². The number of carbonyl (C=O) groups is 1. The molecule has 0 spiro atoms. The number of hydrogen-bond acceptors (Lipinski definition) is 4. The number of β-amino-alcohol motifs (C(OH)–C–C–N with tert-alkyl or cyclic N) is 1. The minimum Gasteiger partial charge on any atom is -0.392 e. The normalized spacial score (nSPS) is 17.4. The predicted molar refractivity (Wildman–Crippen MR) is 93.8 cm³/mol. The fourth-order valence-corrected chi connectivity index (χ4v) is 3.24. The van der Waals surface area contributed by atoms with E-state index in [1.165, 1.54) is 0 Å². The van der Waals surface area contributed by atoms with Crippen LogP contribution in [0, 0.1) is 6.92 Å². The summed E-state index contributed by atoms with van der Waals surface area (Å²) in [6, 6.07) is 7.92. The Bertz CT molecular complexity index is 704. The van der Waals surface area contributed by atoms with Gasteiger partial charge in [-0.05, 0) is 25.5 Å². The molecular weight excluding hydrogens is 304 g/mol. The lowest BCUT2D eigenvalue weighted by molar-refractivity contribution is -0.133. The third kappa shape index (κ3) is 3.60. The lowest BCUT2D eigenvalue weighted by Crippen LogP contribution is -2.51. The zero-order chi connectivity index (χ0) is 17.1. The van der Waals surface area contributed by atoms with E-state index in [2.05, 4.69) is 9.88 Å². The first-order valence-corrected chi connectivity index (χ1v) is 8.68. The summed E-state index contributed by atoms with van der Waals surface area (Å²) in [4.78, 5) is 21.3. The molecule has 3 rings (SSSR count). The van der Waals surface area contributed by atoms with Gasteiger partial charge in [0.1, 0.15) is 12.4 Å². The van der Waals surface area contributed by atoms with E-state index >= 15 is 0 Å². The molecular formula is C18H26N4O2. The second kappa shape index (κ2) is 7.32. The molecule has 1 aliphatic rings. The van der Waals surface area contributed by atoms with E-state index in [0.717, 1.165) is 49.5 Å². The van der Waals surface area contributed by atoms with Gasteiger partial charge >= 0.3 is 0 Å². The summed E-state index contributed by atoms with van der Waals surface area (Å²) in [5, 5.41) is 9.76. The number of benzene rings is 1. The number of imidazole rings is 1. The highest BCUT2D eigenvalue weighted by molar-refractivity contribution is 5.81. The molecule has 0 aliphatic carbocycles. The Balaban J connectivity index is 1.61. The van der Waals surface area contributed by atoms with Gasteiger partial charge in [-0.3, -0.25) is 9.69 Å². The number of amides is 1. The Labute approximate surface area is 142 Å². The maximum Gasteiger partial charge on any atom is 0.242 e. The average molecular weight is 330 g/mol. The summed E-state index contributed by atoms with van der Waals surface area (Å²) in [5.41, 5.74) is 1.94. The first-order valence-electron chi connectivity index (χ1n) is 8.68. The van der Waals surface area contributed by atoms with Crippen molar-refractivity contribution < 1.29 is 9.90 Å². The molecule has 1 aliphatic heterocycles. The molecule has 0 saturated carbocycles. The second-order valence-corrected chi connectivity index (χ2v) is 6.48. The van der Waals surface area contributed by atoms with E-state index in [9.17, 15) is 9.90 Å². The van der Waals surface area contributed by atoms with Gasteiger partial charge in [-0.1, -0.05) is 19.1 Å². The number of aromatic nitrogens is 2. The number of aliphatic hydroxyl groups is 1. The molecule has 2 aromatic rings. The lowest BCUT2D eigenvalue weighted by Gasteiger charge is -2.35. The molecule has 1 amide bonds. The van der Waals surface area contributed by atoms with Crippen molar-refractivity contribution in [3.05, 3.63) is 30.1 Å². The third-order valence-corrected chi connectivity index (χ3v) is 4.80. The SMILES string of the molecule is CCC(O)CN1CCN(C(=O)Cn2c(C)nc3ccccc32)CC1. The minimum atomic E-state index is -0.271. The van der Waals surface area contributed by atoms with Gasteiger partial charge in [0.15, 0.2) is 0 Å². The number of rotatable bonds is 5. The molecule has 0 bridgehead atoms. The Morgan fingerprint density at radius 1 is 1.25 bits per heavy atom. The Morgan fingerprint density at radius 3 is 2.67 bits per heavy atom. The van der Waals surface area contributed by atoms with E-state index in [1.807, 2.05) is 47.6 Å². The van der Waals surface area contributed by atoms with Crippen molar-refractivity contribution in [3.63, 3.8) is 0 Å². The summed E-state index contributed by atoms with van der Waals surface area (Å²) in [6.07, 6.45) is 0.499. The molecule has 1 fully saturated rings. The number of aliphatic hydroxyl groups excluding tert-OH is 1. The monoisotopic (exact) mass is 330 g/mol. The van der Waals surface area contributed by atoms with Crippen molar-refractivity contribution in [1.82, 2.24) is 19.4 Å². The molecule has 0 radical (unpaired) electrons. The maximum absolute atomic E-state index is 12.7. The van der Waals surface area contributed by atoms with Gasteiger partial charge in [-0.15, -0.1) is 0 Å². The van der Waals surface area contributed by atoms with E-state index < -0.39 is 0 Å². The quantitative estimate of drug-likeness (QED) is 0.897. The average Bonchev–Trinajstić information content (AvgIpc) is 2.91. The van der Waals surface area contributed by atoms with Crippen LogP contribution in [0.3, 0.4) is 0 Å². The van der Waals surface area contributed by atoms with E-state index in [1.54, 1.807) is 0 Å². The summed E-state index contributed by atoms with van der Waals surface area (Å²) in [5.74, 6) is 1.01. The van der Waals surface area contributed by atoms with Crippen molar-refractivity contribution in [2.75, 3.05) is 32.7 Å². The molecule has 1 saturated heterocycles. The van der Waals surface area contributed by atoms with Crippen LogP contribution >= 0.6 is 0 Å². The summed E-state index contributed by atoms with van der Waals surface area (Å²) >= 11 is 0. The van der Waals surface area contributed by atoms with Gasteiger partial charge in [0.25, 0.3) is 0 Å². The van der Waals surface area contributed by atoms with Gasteiger partial charge in [-0.2, -0.15) is 0 Å². The molecule has 2 heterocycles. The minimum absolute atomic E-state index is 0.136. The van der Waals surface area contributed by atoms with Crippen LogP contribution in [-0.2, 0) is 11.3 Å². The fraction of sp³-hybridized carbons (Fsp3) is 0.556. The molecule has 6 nitrogen and oxygen atoms in total. The van der Waals surface area contributed by atoms with E-state index in [0.29, 0.717) is 13.1 Å². The number of fused-ring (bicyclic) bond motifs is 1. The Morgan fingerprint density at radius 2 is 1.96 bits per heavy atom. The Hall–Kier alpha value is -1.92. The number of carbonyl (C=O) groups excluding carboxylic acids is 1. The highest BCUT2D eigenvalue weighted by Crippen LogP contribution is 2.16. The molecule has 6 heteroatoms. The first-order chi connectivity index (χ1) is 11.6. The van der Waals surface area contributed by atoms with Gasteiger partial charge in [0.2, 0.25) is 5.91 Å². The number of piperazine rings is 1. The van der Waals surface area contributed by atoms with Crippen LogP contribution in [-0.4, -0.2) is 69.2 Å². The van der Waals surface area contributed by atoms with Crippen LogP contribution in [0.5, 0.6) is 0 Å². The lowest BCUT2D eigenvalue weighted by atomic mass is 10.2. The molecule has 1 aromatic heterocycles. The van der Waals surface area contributed by atoms with Crippen molar-refractivity contribution in [2.45, 2.75) is 32.9 Å². The van der Waals surface area contributed by atoms with Crippen molar-refractivity contribution in [1.29, 1.82) is 0 Å². The third-order valence-electron chi connectivity index (χ3n) is 4.80. The highest BCUT2D eigenvalue weighted by Gasteiger charge is 2.23. The van der Waals surface area contributed by atoms with Crippen molar-refractivity contribution in [2.24, 2.45) is 0 Å². The van der Waals surface area contributed by atoms with Crippen molar-refractivity contribution in [3.8, 4) is 0 Å². The molecule has 130 valence electrons. The van der Waals surface area contributed by atoms with Crippen LogP contribution in [0.4, 0.5) is 0 Å². The van der Waals surface area contributed by atoms with Crippen LogP contribution in [0.25, 0.3) is 11.0 Å². The molecule has 1 N–H and O–H groups in total. The zero-order valence-corrected chi connectivity index (χ0v) is 14.5. The maximum atomic E-state index is 12.7. The summed E-state index contributed by atoms with van der Waals surface area (Å²) in [7, 11) is 0. The molecule has 1 aromatic carbocycles. The van der Waals surface area contributed by atoms with Crippen LogP contribution < -0.4 is 0 Å². The van der Waals surface area contributed by atoms with Crippen molar-refractivity contribution >= 4 is 16.9 Å². The fourth-order valence-electron chi connectivity index (χ4n) is 3.24. The molecule has 1 unspecified atom stereocenters. The van der Waals surface area contributed by atoms with Gasteiger partial charge < -0.3 is 14.6 Å². The number of hydrogen-bond donors (Lipinski definition) is 1. The molecule has 24 heavy (non-hydrogen) atoms. The second-order valence-electron chi connectivity index (χ2n) is 6.48. The first kappa shape index (κ1) is 16.9. The zero-order valence-electron chi connectivity index (χ0n) is 14.5.